The van der Waals surface area contributed by atoms with E-state index in [1.807, 2.05) is 13.8 Å². The predicted molar refractivity (Wildman–Crippen MR) is 83.1 cm³/mol. The molecule has 22 heavy (non-hydrogen) atoms. The van der Waals surface area contributed by atoms with Gasteiger partial charge in [-0.3, -0.25) is 14.4 Å². The first-order chi connectivity index (χ1) is 10.5. The number of hydrogen-bond acceptors (Lipinski definition) is 3. The standard InChI is InChI=1S/C16H27N3O3/c1-3-12(14(21)17-4-2)18-15(22)16-9-6-5-8-13(20)19(16)11-7-10-16/h12H,3-11H2,1-2H3,(H,17,21)(H,18,22)/t12-,16?/m0/s1. The van der Waals surface area contributed by atoms with E-state index in [1.54, 1.807) is 4.90 Å². The molecule has 6 nitrogen and oxygen atoms in total. The van der Waals surface area contributed by atoms with E-state index in [0.29, 0.717) is 38.8 Å². The van der Waals surface area contributed by atoms with Crippen LogP contribution in [0.2, 0.25) is 0 Å². The zero-order valence-corrected chi connectivity index (χ0v) is 13.6. The summed E-state index contributed by atoms with van der Waals surface area (Å²) in [6.45, 7) is 4.93. The minimum Gasteiger partial charge on any atom is -0.355 e. The average Bonchev–Trinajstić information content (AvgIpc) is 2.87. The quantitative estimate of drug-likeness (QED) is 0.794. The molecule has 0 aliphatic carbocycles. The molecule has 2 rings (SSSR count). The zero-order valence-electron chi connectivity index (χ0n) is 13.6. The molecule has 0 radical (unpaired) electrons. The Morgan fingerprint density at radius 1 is 1.23 bits per heavy atom. The van der Waals surface area contributed by atoms with Crippen LogP contribution in [-0.2, 0) is 14.4 Å². The lowest BCUT2D eigenvalue weighted by Crippen LogP contribution is -2.60. The Balaban J connectivity index is 2.14. The van der Waals surface area contributed by atoms with E-state index in [1.165, 1.54) is 0 Å². The van der Waals surface area contributed by atoms with Crippen molar-refractivity contribution in [2.45, 2.75) is 70.4 Å². The number of nitrogens with zero attached hydrogens (tertiary/aromatic N) is 1. The van der Waals surface area contributed by atoms with Gasteiger partial charge in [0.2, 0.25) is 17.7 Å². The van der Waals surface area contributed by atoms with Crippen molar-refractivity contribution < 1.29 is 14.4 Å². The Morgan fingerprint density at radius 3 is 2.64 bits per heavy atom. The van der Waals surface area contributed by atoms with Gasteiger partial charge in [-0.2, -0.15) is 0 Å². The fraction of sp³-hybridized carbons (Fsp3) is 0.812. The lowest BCUT2D eigenvalue weighted by Gasteiger charge is -2.36. The molecule has 2 aliphatic heterocycles. The fourth-order valence-corrected chi connectivity index (χ4v) is 3.62. The largest absolute Gasteiger partial charge is 0.355 e. The first-order valence-corrected chi connectivity index (χ1v) is 8.44. The summed E-state index contributed by atoms with van der Waals surface area (Å²) in [5.41, 5.74) is -0.729. The monoisotopic (exact) mass is 309 g/mol. The molecule has 0 saturated carbocycles. The Kier molecular flexibility index (Phi) is 5.42. The van der Waals surface area contributed by atoms with Crippen molar-refractivity contribution in [1.29, 1.82) is 0 Å². The third-order valence-corrected chi connectivity index (χ3v) is 4.82. The van der Waals surface area contributed by atoms with Crippen molar-refractivity contribution in [3.63, 3.8) is 0 Å². The third kappa shape index (κ3) is 3.10. The van der Waals surface area contributed by atoms with Crippen molar-refractivity contribution in [3.8, 4) is 0 Å². The van der Waals surface area contributed by atoms with Crippen LogP contribution in [-0.4, -0.2) is 47.3 Å². The van der Waals surface area contributed by atoms with Gasteiger partial charge in [-0.1, -0.05) is 13.3 Å². The van der Waals surface area contributed by atoms with Crippen LogP contribution in [0.5, 0.6) is 0 Å². The van der Waals surface area contributed by atoms with Gasteiger partial charge in [0.25, 0.3) is 0 Å². The van der Waals surface area contributed by atoms with Crippen LogP contribution in [0.25, 0.3) is 0 Å². The molecule has 2 atom stereocenters. The van der Waals surface area contributed by atoms with E-state index < -0.39 is 11.6 Å². The van der Waals surface area contributed by atoms with E-state index in [4.69, 9.17) is 0 Å². The van der Waals surface area contributed by atoms with Gasteiger partial charge in [-0.05, 0) is 39.0 Å². The minimum absolute atomic E-state index is 0.0798. The SMILES string of the molecule is CCNC(=O)[C@H](CC)NC(=O)C12CCCCC(=O)N1CCC2. The highest BCUT2D eigenvalue weighted by Crippen LogP contribution is 2.37. The molecule has 0 aromatic heterocycles. The summed E-state index contributed by atoms with van der Waals surface area (Å²) >= 11 is 0. The highest BCUT2D eigenvalue weighted by atomic mass is 16.2. The van der Waals surface area contributed by atoms with Crippen LogP contribution in [0.4, 0.5) is 0 Å². The Labute approximate surface area is 132 Å². The van der Waals surface area contributed by atoms with Crippen molar-refractivity contribution in [1.82, 2.24) is 15.5 Å². The molecule has 1 unspecified atom stereocenters. The molecule has 124 valence electrons. The molecule has 0 spiro atoms. The van der Waals surface area contributed by atoms with Crippen LogP contribution in [0.1, 0.15) is 58.8 Å². The highest BCUT2D eigenvalue weighted by Gasteiger charge is 2.50. The average molecular weight is 309 g/mol. The maximum Gasteiger partial charge on any atom is 0.246 e. The van der Waals surface area contributed by atoms with Crippen LogP contribution >= 0.6 is 0 Å². The van der Waals surface area contributed by atoms with Gasteiger partial charge in [0.1, 0.15) is 11.6 Å². The molecule has 3 amide bonds. The molecule has 2 fully saturated rings. The zero-order chi connectivity index (χ0) is 16.2. The summed E-state index contributed by atoms with van der Waals surface area (Å²) in [7, 11) is 0. The summed E-state index contributed by atoms with van der Waals surface area (Å²) in [6, 6.07) is -0.525. The molecule has 2 N–H and O–H groups in total. The second-order valence-corrected chi connectivity index (χ2v) is 6.22. The fourth-order valence-electron chi connectivity index (χ4n) is 3.62. The summed E-state index contributed by atoms with van der Waals surface area (Å²) in [6.07, 6.45) is 5.07. The number of carbonyl (C=O) groups is 3. The van der Waals surface area contributed by atoms with Crippen molar-refractivity contribution in [2.75, 3.05) is 13.1 Å². The maximum atomic E-state index is 12.9. The van der Waals surface area contributed by atoms with Crippen LogP contribution in [0.3, 0.4) is 0 Å². The first-order valence-electron chi connectivity index (χ1n) is 8.44. The smallest absolute Gasteiger partial charge is 0.246 e. The second-order valence-electron chi connectivity index (χ2n) is 6.22. The van der Waals surface area contributed by atoms with Gasteiger partial charge >= 0.3 is 0 Å². The predicted octanol–water partition coefficient (Wildman–Crippen LogP) is 0.952. The minimum atomic E-state index is -0.729. The van der Waals surface area contributed by atoms with Gasteiger partial charge in [0, 0.05) is 19.5 Å². The second kappa shape index (κ2) is 7.11. The molecule has 2 saturated heterocycles. The van der Waals surface area contributed by atoms with Gasteiger partial charge < -0.3 is 15.5 Å². The molecule has 0 aromatic rings. The topological polar surface area (TPSA) is 78.5 Å². The number of carbonyl (C=O) groups excluding carboxylic acids is 3. The molecule has 2 heterocycles. The van der Waals surface area contributed by atoms with Gasteiger partial charge in [0.15, 0.2) is 0 Å². The molecule has 6 heteroatoms. The molecular formula is C16H27N3O3. The Morgan fingerprint density at radius 2 is 1.95 bits per heavy atom. The molecular weight excluding hydrogens is 282 g/mol. The lowest BCUT2D eigenvalue weighted by atomic mass is 9.89. The van der Waals surface area contributed by atoms with E-state index in [-0.39, 0.29) is 17.7 Å². The summed E-state index contributed by atoms with van der Waals surface area (Å²) < 4.78 is 0. The molecule has 2 aliphatic rings. The van der Waals surface area contributed by atoms with E-state index >= 15 is 0 Å². The van der Waals surface area contributed by atoms with E-state index in [9.17, 15) is 14.4 Å². The number of nitrogens with one attached hydrogen (secondary N) is 2. The third-order valence-electron chi connectivity index (χ3n) is 4.82. The van der Waals surface area contributed by atoms with Crippen molar-refractivity contribution in [2.24, 2.45) is 0 Å². The number of likely N-dealkylation sites (N-methyl/N-ethyl adjacent to an activating group) is 1. The molecule has 0 bridgehead atoms. The maximum absolute atomic E-state index is 12.9. The van der Waals surface area contributed by atoms with Crippen molar-refractivity contribution >= 4 is 17.7 Å². The summed E-state index contributed by atoms with van der Waals surface area (Å²) in [4.78, 5) is 38.9. The lowest BCUT2D eigenvalue weighted by molar-refractivity contribution is -0.145. The van der Waals surface area contributed by atoms with E-state index in [2.05, 4.69) is 10.6 Å². The first kappa shape index (κ1) is 16.8. The highest BCUT2D eigenvalue weighted by molar-refractivity contribution is 5.95. The van der Waals surface area contributed by atoms with Gasteiger partial charge in [-0.15, -0.1) is 0 Å². The Bertz CT molecular complexity index is 452. The summed E-state index contributed by atoms with van der Waals surface area (Å²) in [5.74, 6) is -0.228. The van der Waals surface area contributed by atoms with Crippen LogP contribution < -0.4 is 10.6 Å². The Hall–Kier alpha value is -1.59. The molecule has 0 aromatic carbocycles. The number of hydrogen-bond donors (Lipinski definition) is 2. The van der Waals surface area contributed by atoms with Gasteiger partial charge in [-0.25, -0.2) is 0 Å². The van der Waals surface area contributed by atoms with Gasteiger partial charge in [0.05, 0.1) is 0 Å². The summed E-state index contributed by atoms with van der Waals surface area (Å²) in [5, 5.41) is 5.64. The van der Waals surface area contributed by atoms with Crippen molar-refractivity contribution in [3.05, 3.63) is 0 Å². The normalized spacial score (nSPS) is 26.1. The van der Waals surface area contributed by atoms with E-state index in [0.717, 1.165) is 19.3 Å². The van der Waals surface area contributed by atoms with Crippen LogP contribution in [0.15, 0.2) is 0 Å². The van der Waals surface area contributed by atoms with Crippen LogP contribution in [0, 0.1) is 0 Å². The number of fused-ring (bicyclic) bond motifs is 1. The number of amides is 3. The number of rotatable bonds is 5.